The average molecular weight is 249 g/mol. The first-order chi connectivity index (χ1) is 8.61. The lowest BCUT2D eigenvalue weighted by Gasteiger charge is -2.19. The van der Waals surface area contributed by atoms with Crippen molar-refractivity contribution in [2.75, 3.05) is 20.7 Å². The van der Waals surface area contributed by atoms with Crippen LogP contribution < -0.4 is 4.74 Å². The lowest BCUT2D eigenvalue weighted by molar-refractivity contribution is -0.148. The second kappa shape index (κ2) is 5.08. The van der Waals surface area contributed by atoms with Crippen molar-refractivity contribution in [1.29, 1.82) is 0 Å². The zero-order chi connectivity index (χ0) is 13.1. The predicted molar refractivity (Wildman–Crippen MR) is 64.2 cm³/mol. The van der Waals surface area contributed by atoms with Crippen LogP contribution in [0.1, 0.15) is 5.56 Å². The van der Waals surface area contributed by atoms with E-state index in [0.29, 0.717) is 6.42 Å². The second-order valence-electron chi connectivity index (χ2n) is 4.19. The molecule has 1 atom stereocenters. The summed E-state index contributed by atoms with van der Waals surface area (Å²) in [5.74, 6) is 0.0836. The number of likely N-dealkylation sites (N-methyl/N-ethyl adjacent to an activating group) is 1. The number of ether oxygens (including phenoxy) is 2. The fourth-order valence-electron chi connectivity index (χ4n) is 1.90. The molecule has 0 N–H and O–H groups in total. The van der Waals surface area contributed by atoms with Gasteiger partial charge in [-0.2, -0.15) is 0 Å². The van der Waals surface area contributed by atoms with Crippen molar-refractivity contribution in [3.8, 4) is 5.75 Å². The monoisotopic (exact) mass is 249 g/mol. The molecule has 5 heteroatoms. The van der Waals surface area contributed by atoms with Crippen LogP contribution in [0.25, 0.3) is 0 Å². The normalized spacial score (nSPS) is 16.7. The zero-order valence-electron chi connectivity index (χ0n) is 10.4. The Labute approximate surface area is 105 Å². The molecule has 0 bridgehead atoms. The highest BCUT2D eigenvalue weighted by atomic mass is 16.5. The maximum atomic E-state index is 12.1. The van der Waals surface area contributed by atoms with E-state index in [4.69, 9.17) is 4.74 Å². The summed E-state index contributed by atoms with van der Waals surface area (Å²) >= 11 is 0. The van der Waals surface area contributed by atoms with Gasteiger partial charge in [-0.05, 0) is 11.6 Å². The van der Waals surface area contributed by atoms with Crippen LogP contribution in [0.4, 0.5) is 0 Å². The van der Waals surface area contributed by atoms with Gasteiger partial charge in [0.15, 0.2) is 6.10 Å². The largest absolute Gasteiger partial charge is 0.480 e. The number of carbonyl (C=O) groups is 2. The van der Waals surface area contributed by atoms with Gasteiger partial charge in [-0.1, -0.05) is 18.2 Å². The van der Waals surface area contributed by atoms with Gasteiger partial charge >= 0.3 is 5.97 Å². The summed E-state index contributed by atoms with van der Waals surface area (Å²) in [6.45, 7) is -0.0639. The molecule has 0 spiro atoms. The molecule has 1 aliphatic heterocycles. The lowest BCUT2D eigenvalue weighted by Crippen LogP contribution is -2.41. The molecule has 0 saturated heterocycles. The van der Waals surface area contributed by atoms with Crippen molar-refractivity contribution in [3.05, 3.63) is 29.8 Å². The van der Waals surface area contributed by atoms with Crippen molar-refractivity contribution in [2.24, 2.45) is 0 Å². The van der Waals surface area contributed by atoms with Gasteiger partial charge in [0, 0.05) is 13.5 Å². The molecule has 0 radical (unpaired) electrons. The highest BCUT2D eigenvalue weighted by Gasteiger charge is 2.31. The summed E-state index contributed by atoms with van der Waals surface area (Å²) in [5.41, 5.74) is 1.02. The van der Waals surface area contributed by atoms with Gasteiger partial charge in [0.1, 0.15) is 12.3 Å². The van der Waals surface area contributed by atoms with Crippen LogP contribution in [0.15, 0.2) is 24.3 Å². The molecule has 1 aromatic rings. The topological polar surface area (TPSA) is 55.8 Å². The average Bonchev–Trinajstić information content (AvgIpc) is 2.81. The fourth-order valence-corrected chi connectivity index (χ4v) is 1.90. The third-order valence-electron chi connectivity index (χ3n) is 2.89. The van der Waals surface area contributed by atoms with E-state index in [-0.39, 0.29) is 12.5 Å². The quantitative estimate of drug-likeness (QED) is 0.737. The van der Waals surface area contributed by atoms with Crippen molar-refractivity contribution in [1.82, 2.24) is 4.90 Å². The number of nitrogens with zero attached hydrogens (tertiary/aromatic N) is 1. The first kappa shape index (κ1) is 12.4. The van der Waals surface area contributed by atoms with Gasteiger partial charge in [-0.25, -0.2) is 0 Å². The van der Waals surface area contributed by atoms with Gasteiger partial charge < -0.3 is 14.4 Å². The van der Waals surface area contributed by atoms with Crippen LogP contribution in [0.5, 0.6) is 5.75 Å². The molecule has 1 heterocycles. The number of hydrogen-bond donors (Lipinski definition) is 0. The van der Waals surface area contributed by atoms with Gasteiger partial charge in [0.05, 0.1) is 7.11 Å². The van der Waals surface area contributed by atoms with E-state index in [1.165, 1.54) is 12.0 Å². The van der Waals surface area contributed by atoms with Crippen molar-refractivity contribution < 1.29 is 19.1 Å². The zero-order valence-corrected chi connectivity index (χ0v) is 10.4. The number of para-hydroxylation sites is 1. The predicted octanol–water partition coefficient (Wildman–Crippen LogP) is 0.621. The van der Waals surface area contributed by atoms with Gasteiger partial charge in [-0.15, -0.1) is 0 Å². The molecular weight excluding hydrogens is 234 g/mol. The number of hydrogen-bond acceptors (Lipinski definition) is 4. The van der Waals surface area contributed by atoms with Gasteiger partial charge in [-0.3, -0.25) is 9.59 Å². The number of benzene rings is 1. The van der Waals surface area contributed by atoms with Crippen molar-refractivity contribution in [2.45, 2.75) is 12.5 Å². The summed E-state index contributed by atoms with van der Waals surface area (Å²) in [5, 5.41) is 0. The van der Waals surface area contributed by atoms with Crippen molar-refractivity contribution in [3.63, 3.8) is 0 Å². The van der Waals surface area contributed by atoms with Crippen LogP contribution in [-0.4, -0.2) is 43.6 Å². The van der Waals surface area contributed by atoms with Crippen LogP contribution in [0.3, 0.4) is 0 Å². The number of rotatable bonds is 3. The van der Waals surface area contributed by atoms with Crippen LogP contribution in [0, 0.1) is 0 Å². The summed E-state index contributed by atoms with van der Waals surface area (Å²) in [4.78, 5) is 24.5. The Hall–Kier alpha value is -2.04. The highest BCUT2D eigenvalue weighted by molar-refractivity contribution is 5.86. The maximum absolute atomic E-state index is 12.1. The first-order valence-electron chi connectivity index (χ1n) is 5.68. The minimum atomic E-state index is -0.544. The molecule has 5 nitrogen and oxygen atoms in total. The molecule has 0 fully saturated rings. The first-order valence-corrected chi connectivity index (χ1v) is 5.68. The lowest BCUT2D eigenvalue weighted by atomic mass is 10.1. The Kier molecular flexibility index (Phi) is 3.50. The summed E-state index contributed by atoms with van der Waals surface area (Å²) in [7, 11) is 2.86. The molecule has 0 aliphatic carbocycles. The molecular formula is C13H15NO4. The molecule has 2 rings (SSSR count). The summed E-state index contributed by atoms with van der Waals surface area (Å²) < 4.78 is 10.1. The minimum Gasteiger partial charge on any atom is -0.480 e. The molecule has 1 unspecified atom stereocenters. The van der Waals surface area contributed by atoms with E-state index in [0.717, 1.165) is 11.3 Å². The second-order valence-corrected chi connectivity index (χ2v) is 4.19. The third-order valence-corrected chi connectivity index (χ3v) is 2.89. The Morgan fingerprint density at radius 3 is 2.83 bits per heavy atom. The Balaban J connectivity index is 1.98. The van der Waals surface area contributed by atoms with Crippen LogP contribution in [0.2, 0.25) is 0 Å². The minimum absolute atomic E-state index is 0.0639. The van der Waals surface area contributed by atoms with E-state index in [1.54, 1.807) is 7.05 Å². The number of fused-ring (bicyclic) bond motifs is 1. The number of carbonyl (C=O) groups excluding carboxylic acids is 2. The smallest absolute Gasteiger partial charge is 0.325 e. The van der Waals surface area contributed by atoms with E-state index in [1.807, 2.05) is 24.3 Å². The number of esters is 1. The Morgan fingerprint density at radius 1 is 1.44 bits per heavy atom. The Bertz CT molecular complexity index is 447. The Morgan fingerprint density at radius 2 is 2.17 bits per heavy atom. The van der Waals surface area contributed by atoms with Crippen molar-refractivity contribution >= 4 is 11.9 Å². The maximum Gasteiger partial charge on any atom is 0.325 e. The summed E-state index contributed by atoms with van der Waals surface area (Å²) in [6.07, 6.45) is -0.00221. The standard InChI is InChI=1S/C13H15NO4/c1-14(8-12(15)17-2)13(16)11-7-9-5-3-4-6-10(9)18-11/h3-6,11H,7-8H2,1-2H3. The number of amides is 1. The van der Waals surface area contributed by atoms with Crippen LogP contribution >= 0.6 is 0 Å². The molecule has 1 aliphatic rings. The van der Waals surface area contributed by atoms with Crippen LogP contribution in [-0.2, 0) is 20.7 Å². The van der Waals surface area contributed by atoms with E-state index in [9.17, 15) is 9.59 Å². The number of methoxy groups -OCH3 is 1. The third kappa shape index (κ3) is 2.45. The SMILES string of the molecule is COC(=O)CN(C)C(=O)C1Cc2ccccc2O1. The fraction of sp³-hybridized carbons (Fsp3) is 0.385. The molecule has 0 saturated carbocycles. The summed E-state index contributed by atoms with van der Waals surface area (Å²) in [6, 6.07) is 7.54. The molecule has 96 valence electrons. The molecule has 1 aromatic carbocycles. The molecule has 1 amide bonds. The van der Waals surface area contributed by atoms with Gasteiger partial charge in [0.2, 0.25) is 0 Å². The highest BCUT2D eigenvalue weighted by Crippen LogP contribution is 2.28. The van der Waals surface area contributed by atoms with E-state index >= 15 is 0 Å². The van der Waals surface area contributed by atoms with E-state index < -0.39 is 12.1 Å². The van der Waals surface area contributed by atoms with Gasteiger partial charge in [0.25, 0.3) is 5.91 Å². The molecule has 18 heavy (non-hydrogen) atoms. The molecule has 0 aromatic heterocycles. The van der Waals surface area contributed by atoms with E-state index in [2.05, 4.69) is 4.74 Å².